The summed E-state index contributed by atoms with van der Waals surface area (Å²) in [7, 11) is 2.11. The molecule has 0 saturated carbocycles. The minimum atomic E-state index is -1.03. The molecule has 2 heterocycles. The highest BCUT2D eigenvalue weighted by molar-refractivity contribution is 6.07. The number of carbonyl (C=O) groups excluding carboxylic acids is 1. The van der Waals surface area contributed by atoms with Crippen LogP contribution in [0.25, 0.3) is 12.2 Å². The van der Waals surface area contributed by atoms with Crippen molar-refractivity contribution < 1.29 is 14.7 Å². The highest BCUT2D eigenvalue weighted by atomic mass is 16.4. The molecule has 1 aliphatic rings. The van der Waals surface area contributed by atoms with Crippen molar-refractivity contribution in [2.75, 3.05) is 38.1 Å². The van der Waals surface area contributed by atoms with Gasteiger partial charge in [-0.05, 0) is 49.5 Å². The van der Waals surface area contributed by atoms with Crippen LogP contribution in [0.3, 0.4) is 0 Å². The minimum absolute atomic E-state index is 0.0933. The number of benzene rings is 1. The van der Waals surface area contributed by atoms with E-state index in [-0.39, 0.29) is 5.78 Å². The summed E-state index contributed by atoms with van der Waals surface area (Å²) >= 11 is 0. The van der Waals surface area contributed by atoms with E-state index >= 15 is 0 Å². The smallest absolute Gasteiger partial charge is 0.328 e. The number of rotatable bonds is 6. The second kappa shape index (κ2) is 9.10. The summed E-state index contributed by atoms with van der Waals surface area (Å²) in [5, 5.41) is 8.70. The van der Waals surface area contributed by atoms with E-state index in [4.69, 9.17) is 5.11 Å². The largest absolute Gasteiger partial charge is 0.478 e. The number of pyridine rings is 1. The van der Waals surface area contributed by atoms with Crippen LogP contribution in [-0.4, -0.2) is 60.0 Å². The van der Waals surface area contributed by atoms with Crippen LogP contribution in [0, 0.1) is 0 Å². The molecule has 2 aromatic rings. The molecule has 6 nitrogen and oxygen atoms in total. The van der Waals surface area contributed by atoms with Gasteiger partial charge in [0.15, 0.2) is 5.78 Å². The average molecular weight is 377 g/mol. The first-order valence-corrected chi connectivity index (χ1v) is 9.15. The lowest BCUT2D eigenvalue weighted by Crippen LogP contribution is -2.44. The molecule has 0 aliphatic carbocycles. The van der Waals surface area contributed by atoms with Gasteiger partial charge in [-0.25, -0.2) is 9.78 Å². The van der Waals surface area contributed by atoms with Crippen LogP contribution < -0.4 is 4.90 Å². The number of nitrogens with zero attached hydrogens (tertiary/aromatic N) is 3. The molecule has 1 aliphatic heterocycles. The van der Waals surface area contributed by atoms with Crippen LogP contribution in [0.5, 0.6) is 0 Å². The Bertz CT molecular complexity index is 913. The Morgan fingerprint density at radius 3 is 2.29 bits per heavy atom. The number of hydrogen-bond donors (Lipinski definition) is 1. The molecular formula is C22H23N3O3. The monoisotopic (exact) mass is 377 g/mol. The first-order chi connectivity index (χ1) is 13.5. The Hall–Kier alpha value is -3.25. The second-order valence-electron chi connectivity index (χ2n) is 6.70. The van der Waals surface area contributed by atoms with Crippen molar-refractivity contribution in [3.8, 4) is 0 Å². The number of carbonyl (C=O) groups is 2. The number of allylic oxidation sites excluding steroid dienone is 1. The van der Waals surface area contributed by atoms with Gasteiger partial charge >= 0.3 is 5.97 Å². The fourth-order valence-electron chi connectivity index (χ4n) is 2.99. The van der Waals surface area contributed by atoms with Crippen molar-refractivity contribution in [1.29, 1.82) is 0 Å². The third kappa shape index (κ3) is 5.37. The van der Waals surface area contributed by atoms with E-state index in [2.05, 4.69) is 21.8 Å². The van der Waals surface area contributed by atoms with Gasteiger partial charge in [0, 0.05) is 43.5 Å². The van der Waals surface area contributed by atoms with Crippen LogP contribution >= 0.6 is 0 Å². The quantitative estimate of drug-likeness (QED) is 0.616. The van der Waals surface area contributed by atoms with Crippen molar-refractivity contribution in [3.63, 3.8) is 0 Å². The van der Waals surface area contributed by atoms with Crippen molar-refractivity contribution in [2.24, 2.45) is 0 Å². The topological polar surface area (TPSA) is 73.7 Å². The van der Waals surface area contributed by atoms with E-state index in [0.717, 1.165) is 37.9 Å². The number of hydrogen-bond acceptors (Lipinski definition) is 5. The van der Waals surface area contributed by atoms with E-state index in [1.165, 1.54) is 12.2 Å². The predicted molar refractivity (Wildman–Crippen MR) is 110 cm³/mol. The van der Waals surface area contributed by atoms with Crippen molar-refractivity contribution in [3.05, 3.63) is 71.6 Å². The fraction of sp³-hybridized carbons (Fsp3) is 0.227. The van der Waals surface area contributed by atoms with E-state index in [1.807, 2.05) is 24.3 Å². The van der Waals surface area contributed by atoms with Gasteiger partial charge in [0.2, 0.25) is 0 Å². The maximum Gasteiger partial charge on any atom is 0.328 e. The molecule has 1 fully saturated rings. The van der Waals surface area contributed by atoms with Gasteiger partial charge in [-0.15, -0.1) is 0 Å². The molecule has 1 saturated heterocycles. The summed E-state index contributed by atoms with van der Waals surface area (Å²) < 4.78 is 0. The van der Waals surface area contributed by atoms with Gasteiger partial charge in [-0.2, -0.15) is 0 Å². The number of aromatic nitrogens is 1. The summed E-state index contributed by atoms with van der Waals surface area (Å²) in [5.74, 6) is -1.12. The Kier molecular flexibility index (Phi) is 6.34. The average Bonchev–Trinajstić information content (AvgIpc) is 2.71. The second-order valence-corrected chi connectivity index (χ2v) is 6.70. The standard InChI is InChI=1S/C22H23N3O3/c1-24-12-14-25(15-13-24)20-7-2-4-17(16-20)21(26)10-8-18-5-3-6-19(23-18)9-11-22(27)28/h2-11,16H,12-15H2,1H3,(H,27,28)/b10-8+,11-9+. The molecule has 6 heteroatoms. The molecule has 1 N–H and O–H groups in total. The van der Waals surface area contributed by atoms with E-state index in [9.17, 15) is 9.59 Å². The Balaban J connectivity index is 1.70. The lowest BCUT2D eigenvalue weighted by atomic mass is 10.1. The Labute approximate surface area is 164 Å². The van der Waals surface area contributed by atoms with Gasteiger partial charge in [-0.1, -0.05) is 18.2 Å². The molecule has 1 aromatic carbocycles. The zero-order valence-corrected chi connectivity index (χ0v) is 15.8. The van der Waals surface area contributed by atoms with Gasteiger partial charge in [0.05, 0.1) is 11.4 Å². The number of anilines is 1. The van der Waals surface area contributed by atoms with Crippen LogP contribution in [-0.2, 0) is 4.79 Å². The molecule has 0 bridgehead atoms. The van der Waals surface area contributed by atoms with E-state index in [1.54, 1.807) is 24.3 Å². The molecule has 0 spiro atoms. The fourth-order valence-corrected chi connectivity index (χ4v) is 2.99. The lowest BCUT2D eigenvalue weighted by Gasteiger charge is -2.34. The van der Waals surface area contributed by atoms with E-state index < -0.39 is 5.97 Å². The molecular weight excluding hydrogens is 354 g/mol. The maximum atomic E-state index is 12.6. The zero-order valence-electron chi connectivity index (χ0n) is 15.8. The van der Waals surface area contributed by atoms with Crippen LogP contribution in [0.1, 0.15) is 21.7 Å². The molecule has 1 aromatic heterocycles. The highest BCUT2D eigenvalue weighted by Crippen LogP contribution is 2.18. The van der Waals surface area contributed by atoms with Gasteiger partial charge in [0.25, 0.3) is 0 Å². The molecule has 0 radical (unpaired) electrons. The molecule has 0 atom stereocenters. The van der Waals surface area contributed by atoms with Gasteiger partial charge < -0.3 is 14.9 Å². The number of aliphatic carboxylic acids is 1. The molecule has 28 heavy (non-hydrogen) atoms. The third-order valence-electron chi connectivity index (χ3n) is 4.59. The Morgan fingerprint density at radius 1 is 0.964 bits per heavy atom. The van der Waals surface area contributed by atoms with Crippen molar-refractivity contribution in [2.45, 2.75) is 0 Å². The van der Waals surface area contributed by atoms with Crippen molar-refractivity contribution >= 4 is 29.6 Å². The predicted octanol–water partition coefficient (Wildman–Crippen LogP) is 2.83. The maximum absolute atomic E-state index is 12.6. The van der Waals surface area contributed by atoms with Crippen LogP contribution in [0.4, 0.5) is 5.69 Å². The number of likely N-dealkylation sites (N-methyl/N-ethyl adjacent to an activating group) is 1. The summed E-state index contributed by atoms with van der Waals surface area (Å²) in [6.45, 7) is 3.92. The normalized spacial score (nSPS) is 15.4. The highest BCUT2D eigenvalue weighted by Gasteiger charge is 2.15. The van der Waals surface area contributed by atoms with Crippen LogP contribution in [0.2, 0.25) is 0 Å². The minimum Gasteiger partial charge on any atom is -0.478 e. The number of carboxylic acids is 1. The summed E-state index contributed by atoms with van der Waals surface area (Å²) in [6, 6.07) is 12.9. The molecule has 144 valence electrons. The molecule has 0 unspecified atom stereocenters. The zero-order chi connectivity index (χ0) is 19.9. The first-order valence-electron chi connectivity index (χ1n) is 9.15. The number of ketones is 1. The summed E-state index contributed by atoms with van der Waals surface area (Å²) in [4.78, 5) is 32.1. The first kappa shape index (κ1) is 19.5. The van der Waals surface area contributed by atoms with Gasteiger partial charge in [0.1, 0.15) is 0 Å². The Morgan fingerprint density at radius 2 is 1.61 bits per heavy atom. The summed E-state index contributed by atoms with van der Waals surface area (Å²) in [5.41, 5.74) is 2.81. The van der Waals surface area contributed by atoms with Gasteiger partial charge in [-0.3, -0.25) is 4.79 Å². The number of piperazine rings is 1. The number of carboxylic acid groups (broad SMARTS) is 1. The third-order valence-corrected chi connectivity index (χ3v) is 4.59. The van der Waals surface area contributed by atoms with E-state index in [0.29, 0.717) is 17.0 Å². The SMILES string of the molecule is CN1CCN(c2cccc(C(=O)/C=C/c3cccc(/C=C/C(=O)O)n3)c2)CC1. The molecule has 3 rings (SSSR count). The lowest BCUT2D eigenvalue weighted by molar-refractivity contribution is -0.131. The van der Waals surface area contributed by atoms with Crippen molar-refractivity contribution in [1.82, 2.24) is 9.88 Å². The molecule has 0 amide bonds. The van der Waals surface area contributed by atoms with Crippen LogP contribution in [0.15, 0.2) is 54.6 Å². The summed E-state index contributed by atoms with van der Waals surface area (Å²) in [6.07, 6.45) is 5.59.